The molecule has 1 unspecified atom stereocenters. The first-order valence-electron chi connectivity index (χ1n) is 6.98. The third kappa shape index (κ3) is 3.35. The second-order valence-electron chi connectivity index (χ2n) is 5.13. The Morgan fingerprint density at radius 3 is 2.60 bits per heavy atom. The number of ether oxygens (including phenoxy) is 1. The molecule has 20 heavy (non-hydrogen) atoms. The maximum atomic E-state index is 5.75. The third-order valence-corrected chi connectivity index (χ3v) is 3.45. The second-order valence-corrected chi connectivity index (χ2v) is 5.13. The molecule has 3 rings (SSSR count). The molecule has 0 aliphatic heterocycles. The van der Waals surface area contributed by atoms with Gasteiger partial charge < -0.3 is 4.74 Å². The van der Waals surface area contributed by atoms with E-state index in [4.69, 9.17) is 10.6 Å². The van der Waals surface area contributed by atoms with E-state index >= 15 is 0 Å². The highest BCUT2D eigenvalue weighted by Crippen LogP contribution is 2.27. The SMILES string of the molecule is NNC(Cc1ccccn1)c1ccc(OC2CC2)cc1. The minimum atomic E-state index is 0.0554. The van der Waals surface area contributed by atoms with Crippen LogP contribution in [0.4, 0.5) is 0 Å². The lowest BCUT2D eigenvalue weighted by atomic mass is 10.0. The molecule has 0 saturated heterocycles. The molecule has 0 amide bonds. The highest BCUT2D eigenvalue weighted by atomic mass is 16.5. The smallest absolute Gasteiger partial charge is 0.119 e. The van der Waals surface area contributed by atoms with Crippen molar-refractivity contribution < 1.29 is 4.74 Å². The maximum absolute atomic E-state index is 5.75. The Morgan fingerprint density at radius 1 is 1.20 bits per heavy atom. The number of hydrazine groups is 1. The molecule has 4 heteroatoms. The number of pyridine rings is 1. The molecule has 1 aromatic heterocycles. The van der Waals surface area contributed by atoms with E-state index in [0.717, 1.165) is 23.4 Å². The minimum absolute atomic E-state index is 0.0554. The van der Waals surface area contributed by atoms with Crippen molar-refractivity contribution in [1.29, 1.82) is 0 Å². The molecule has 4 nitrogen and oxygen atoms in total. The Bertz CT molecular complexity index is 537. The van der Waals surface area contributed by atoms with Crippen LogP contribution in [-0.2, 0) is 6.42 Å². The van der Waals surface area contributed by atoms with Gasteiger partial charge in [0.2, 0.25) is 0 Å². The van der Waals surface area contributed by atoms with Crippen LogP contribution in [0.3, 0.4) is 0 Å². The molecular weight excluding hydrogens is 250 g/mol. The second kappa shape index (κ2) is 6.03. The molecule has 1 aromatic carbocycles. The van der Waals surface area contributed by atoms with Crippen LogP contribution in [0.2, 0.25) is 0 Å². The average Bonchev–Trinajstić information content (AvgIpc) is 3.31. The summed E-state index contributed by atoms with van der Waals surface area (Å²) in [5.41, 5.74) is 5.02. The van der Waals surface area contributed by atoms with Crippen molar-refractivity contribution >= 4 is 0 Å². The number of hydrogen-bond acceptors (Lipinski definition) is 4. The fraction of sp³-hybridized carbons (Fsp3) is 0.312. The monoisotopic (exact) mass is 269 g/mol. The number of benzene rings is 1. The summed E-state index contributed by atoms with van der Waals surface area (Å²) in [7, 11) is 0. The van der Waals surface area contributed by atoms with Gasteiger partial charge in [0, 0.05) is 18.3 Å². The van der Waals surface area contributed by atoms with Crippen LogP contribution >= 0.6 is 0 Å². The van der Waals surface area contributed by atoms with Gasteiger partial charge in [-0.05, 0) is 42.7 Å². The van der Waals surface area contributed by atoms with Crippen molar-refractivity contribution in [2.45, 2.75) is 31.4 Å². The van der Waals surface area contributed by atoms with Crippen molar-refractivity contribution in [2.24, 2.45) is 5.84 Å². The van der Waals surface area contributed by atoms with E-state index in [0.29, 0.717) is 6.10 Å². The molecule has 1 aliphatic rings. The summed E-state index contributed by atoms with van der Waals surface area (Å²) < 4.78 is 5.75. The van der Waals surface area contributed by atoms with Gasteiger partial charge in [-0.1, -0.05) is 18.2 Å². The van der Waals surface area contributed by atoms with E-state index in [-0.39, 0.29) is 6.04 Å². The van der Waals surface area contributed by atoms with Gasteiger partial charge in [-0.15, -0.1) is 0 Å². The Labute approximate surface area is 119 Å². The van der Waals surface area contributed by atoms with Gasteiger partial charge in [0.15, 0.2) is 0 Å². The lowest BCUT2D eigenvalue weighted by Crippen LogP contribution is -2.29. The lowest BCUT2D eigenvalue weighted by molar-refractivity contribution is 0.303. The van der Waals surface area contributed by atoms with Crippen LogP contribution in [0.1, 0.15) is 30.1 Å². The molecule has 0 spiro atoms. The quantitative estimate of drug-likeness (QED) is 0.624. The molecule has 0 radical (unpaired) electrons. The fourth-order valence-electron chi connectivity index (χ4n) is 2.16. The van der Waals surface area contributed by atoms with Crippen molar-refractivity contribution in [3.8, 4) is 5.75 Å². The summed E-state index contributed by atoms with van der Waals surface area (Å²) in [6.45, 7) is 0. The molecule has 1 aliphatic carbocycles. The fourth-order valence-corrected chi connectivity index (χ4v) is 2.16. The molecule has 1 saturated carbocycles. The van der Waals surface area contributed by atoms with Crippen molar-refractivity contribution in [1.82, 2.24) is 10.4 Å². The van der Waals surface area contributed by atoms with Crippen LogP contribution < -0.4 is 16.0 Å². The van der Waals surface area contributed by atoms with Gasteiger partial charge in [0.05, 0.1) is 12.1 Å². The normalized spacial score (nSPS) is 15.8. The van der Waals surface area contributed by atoms with E-state index in [1.54, 1.807) is 6.20 Å². The molecule has 104 valence electrons. The predicted molar refractivity (Wildman–Crippen MR) is 78.1 cm³/mol. The molecule has 2 aromatic rings. The molecule has 1 fully saturated rings. The van der Waals surface area contributed by atoms with Gasteiger partial charge in [-0.2, -0.15) is 0 Å². The minimum Gasteiger partial charge on any atom is -0.490 e. The predicted octanol–water partition coefficient (Wildman–Crippen LogP) is 2.37. The summed E-state index contributed by atoms with van der Waals surface area (Å²) in [5, 5.41) is 0. The van der Waals surface area contributed by atoms with Crippen molar-refractivity contribution in [2.75, 3.05) is 0 Å². The Balaban J connectivity index is 1.68. The van der Waals surface area contributed by atoms with Gasteiger partial charge in [0.25, 0.3) is 0 Å². The zero-order chi connectivity index (χ0) is 13.8. The highest BCUT2D eigenvalue weighted by molar-refractivity contribution is 5.30. The first kappa shape index (κ1) is 13.1. The number of rotatable bonds is 6. The zero-order valence-corrected chi connectivity index (χ0v) is 11.3. The maximum Gasteiger partial charge on any atom is 0.119 e. The van der Waals surface area contributed by atoms with Crippen molar-refractivity contribution in [3.63, 3.8) is 0 Å². The average molecular weight is 269 g/mol. The van der Waals surface area contributed by atoms with E-state index in [2.05, 4.69) is 22.5 Å². The summed E-state index contributed by atoms with van der Waals surface area (Å²) >= 11 is 0. The molecular formula is C16H19N3O. The van der Waals surface area contributed by atoms with E-state index in [9.17, 15) is 0 Å². The van der Waals surface area contributed by atoms with Gasteiger partial charge in [-0.25, -0.2) is 0 Å². The van der Waals surface area contributed by atoms with E-state index in [1.807, 2.05) is 30.3 Å². The summed E-state index contributed by atoms with van der Waals surface area (Å²) in [6, 6.07) is 14.1. The Hall–Kier alpha value is -1.91. The largest absolute Gasteiger partial charge is 0.490 e. The van der Waals surface area contributed by atoms with Crippen LogP contribution in [0.25, 0.3) is 0 Å². The van der Waals surface area contributed by atoms with E-state index < -0.39 is 0 Å². The van der Waals surface area contributed by atoms with Crippen LogP contribution in [-0.4, -0.2) is 11.1 Å². The van der Waals surface area contributed by atoms with Crippen LogP contribution in [0, 0.1) is 0 Å². The zero-order valence-electron chi connectivity index (χ0n) is 11.3. The summed E-state index contributed by atoms with van der Waals surface area (Å²) in [4.78, 5) is 4.34. The number of hydrogen-bond donors (Lipinski definition) is 2. The first-order valence-corrected chi connectivity index (χ1v) is 6.98. The van der Waals surface area contributed by atoms with Gasteiger partial charge in [0.1, 0.15) is 5.75 Å². The lowest BCUT2D eigenvalue weighted by Gasteiger charge is -2.16. The molecule has 1 atom stereocenters. The number of aromatic nitrogens is 1. The number of nitrogens with zero attached hydrogens (tertiary/aromatic N) is 1. The van der Waals surface area contributed by atoms with E-state index in [1.165, 1.54) is 12.8 Å². The standard InChI is InChI=1S/C16H19N3O/c17-19-16(11-13-3-1-2-10-18-13)12-4-6-14(7-5-12)20-15-8-9-15/h1-7,10,15-16,19H,8-9,11,17H2. The van der Waals surface area contributed by atoms with Gasteiger partial charge in [-0.3, -0.25) is 16.3 Å². The highest BCUT2D eigenvalue weighted by Gasteiger charge is 2.23. The molecule has 1 heterocycles. The summed E-state index contributed by atoms with van der Waals surface area (Å²) in [6.07, 6.45) is 5.34. The van der Waals surface area contributed by atoms with Crippen LogP contribution in [0.15, 0.2) is 48.7 Å². The first-order chi connectivity index (χ1) is 9.85. The Morgan fingerprint density at radius 2 is 2.00 bits per heavy atom. The van der Waals surface area contributed by atoms with Crippen LogP contribution in [0.5, 0.6) is 5.75 Å². The topological polar surface area (TPSA) is 60.2 Å². The van der Waals surface area contributed by atoms with Crippen molar-refractivity contribution in [3.05, 3.63) is 59.9 Å². The summed E-state index contributed by atoms with van der Waals surface area (Å²) in [5.74, 6) is 6.61. The third-order valence-electron chi connectivity index (χ3n) is 3.45. The molecule has 0 bridgehead atoms. The number of nitrogens with two attached hydrogens (primary N) is 1. The molecule has 3 N–H and O–H groups in total. The number of nitrogens with one attached hydrogen (secondary N) is 1. The van der Waals surface area contributed by atoms with Gasteiger partial charge >= 0.3 is 0 Å². The Kier molecular flexibility index (Phi) is 3.95.